The predicted molar refractivity (Wildman–Crippen MR) is 80.4 cm³/mol. The smallest absolute Gasteiger partial charge is 0.246 e. The summed E-state index contributed by atoms with van der Waals surface area (Å²) in [6.07, 6.45) is 0. The van der Waals surface area contributed by atoms with E-state index in [2.05, 4.69) is 11.8 Å². The maximum Gasteiger partial charge on any atom is 0.246 e. The highest BCUT2D eigenvalue weighted by molar-refractivity contribution is 7.89. The molecule has 0 radical (unpaired) electrons. The first-order chi connectivity index (χ1) is 10.0. The molecule has 0 bridgehead atoms. The fraction of sp³-hybridized carbons (Fsp3) is 0.429. The summed E-state index contributed by atoms with van der Waals surface area (Å²) < 4.78 is 31.6. The minimum absolute atomic E-state index is 0.0285. The summed E-state index contributed by atoms with van der Waals surface area (Å²) in [7, 11) is -2.35. The third-order valence-corrected chi connectivity index (χ3v) is 4.81. The van der Waals surface area contributed by atoms with Crippen molar-refractivity contribution in [3.8, 4) is 17.6 Å². The molecule has 1 rings (SSSR count). The van der Waals surface area contributed by atoms with E-state index >= 15 is 0 Å². The van der Waals surface area contributed by atoms with Gasteiger partial charge in [-0.1, -0.05) is 18.8 Å². The predicted octanol–water partition coefficient (Wildman–Crippen LogP) is 0.00830. The molecule has 3 N–H and O–H groups in total. The fourth-order valence-corrected chi connectivity index (χ4v) is 3.43. The summed E-state index contributed by atoms with van der Waals surface area (Å²) >= 11 is 0. The molecule has 1 aromatic rings. The molecule has 0 amide bonds. The molecule has 0 spiro atoms. The van der Waals surface area contributed by atoms with E-state index in [0.29, 0.717) is 5.56 Å². The van der Waals surface area contributed by atoms with E-state index in [1.807, 2.05) is 0 Å². The first-order valence-electron chi connectivity index (χ1n) is 6.49. The Bertz CT molecular complexity index is 632. The van der Waals surface area contributed by atoms with E-state index in [4.69, 9.17) is 15.6 Å². The van der Waals surface area contributed by atoms with Crippen LogP contribution in [0, 0.1) is 11.8 Å². The lowest BCUT2D eigenvalue weighted by atomic mass is 10.2. The number of benzene rings is 1. The molecule has 1 aromatic carbocycles. The van der Waals surface area contributed by atoms with Crippen molar-refractivity contribution in [2.45, 2.75) is 11.8 Å². The van der Waals surface area contributed by atoms with E-state index in [9.17, 15) is 8.42 Å². The molecule has 0 aliphatic rings. The number of methoxy groups -OCH3 is 1. The van der Waals surface area contributed by atoms with Crippen molar-refractivity contribution >= 4 is 10.0 Å². The Kier molecular flexibility index (Phi) is 6.65. The van der Waals surface area contributed by atoms with Crippen molar-refractivity contribution in [1.82, 2.24) is 4.31 Å². The topological polar surface area (TPSA) is 92.9 Å². The molecule has 0 unspecified atom stereocenters. The van der Waals surface area contributed by atoms with Crippen LogP contribution in [0.5, 0.6) is 5.75 Å². The number of hydrogen-bond donors (Lipinski definition) is 2. The first kappa shape index (κ1) is 17.5. The summed E-state index contributed by atoms with van der Waals surface area (Å²) in [5.74, 6) is 5.71. The zero-order valence-corrected chi connectivity index (χ0v) is 13.0. The van der Waals surface area contributed by atoms with Gasteiger partial charge >= 0.3 is 0 Å². The molecule has 0 fully saturated rings. The highest BCUT2D eigenvalue weighted by atomic mass is 32.2. The summed E-state index contributed by atoms with van der Waals surface area (Å²) in [6, 6.07) is 4.68. The average Bonchev–Trinajstić information content (AvgIpc) is 2.49. The standard InChI is InChI=1S/C14H20N2O4S/c1-3-16(9-10-17)21(18,19)14-11-12(5-4-8-15)6-7-13(14)20-2/h6-7,11,17H,3,8-10,15H2,1-2H3. The summed E-state index contributed by atoms with van der Waals surface area (Å²) in [4.78, 5) is 0.0316. The van der Waals surface area contributed by atoms with Crippen LogP contribution in [0.1, 0.15) is 12.5 Å². The number of ether oxygens (including phenoxy) is 1. The van der Waals surface area contributed by atoms with E-state index in [1.54, 1.807) is 19.1 Å². The lowest BCUT2D eigenvalue weighted by Crippen LogP contribution is -2.33. The van der Waals surface area contributed by atoms with Gasteiger partial charge in [-0.3, -0.25) is 0 Å². The molecule has 0 heterocycles. The van der Waals surface area contributed by atoms with Crippen LogP contribution in [-0.2, 0) is 10.0 Å². The number of nitrogens with zero attached hydrogens (tertiary/aromatic N) is 1. The lowest BCUT2D eigenvalue weighted by Gasteiger charge is -2.20. The number of aliphatic hydroxyl groups is 1. The van der Waals surface area contributed by atoms with Gasteiger partial charge in [0.05, 0.1) is 20.3 Å². The van der Waals surface area contributed by atoms with Crippen LogP contribution in [0.3, 0.4) is 0 Å². The Hall–Kier alpha value is -1.59. The zero-order valence-electron chi connectivity index (χ0n) is 12.2. The third kappa shape index (κ3) is 4.19. The monoisotopic (exact) mass is 312 g/mol. The molecule has 6 nitrogen and oxygen atoms in total. The Morgan fingerprint density at radius 1 is 1.43 bits per heavy atom. The lowest BCUT2D eigenvalue weighted by molar-refractivity contribution is 0.256. The van der Waals surface area contributed by atoms with Gasteiger partial charge in [-0.15, -0.1) is 0 Å². The van der Waals surface area contributed by atoms with Crippen LogP contribution in [0.4, 0.5) is 0 Å². The van der Waals surface area contributed by atoms with Crippen LogP contribution < -0.4 is 10.5 Å². The Morgan fingerprint density at radius 2 is 2.14 bits per heavy atom. The van der Waals surface area contributed by atoms with Gasteiger partial charge in [0, 0.05) is 18.7 Å². The molecular formula is C14H20N2O4S. The van der Waals surface area contributed by atoms with Gasteiger partial charge in [-0.05, 0) is 18.2 Å². The number of rotatable bonds is 6. The van der Waals surface area contributed by atoms with Crippen LogP contribution in [0.25, 0.3) is 0 Å². The molecule has 0 saturated heterocycles. The first-order valence-corrected chi connectivity index (χ1v) is 7.93. The minimum atomic E-state index is -3.75. The molecule has 0 saturated carbocycles. The normalized spacial score (nSPS) is 11.1. The molecule has 0 atom stereocenters. The maximum absolute atomic E-state index is 12.6. The van der Waals surface area contributed by atoms with Gasteiger partial charge < -0.3 is 15.6 Å². The molecule has 0 aromatic heterocycles. The van der Waals surface area contributed by atoms with Crippen molar-refractivity contribution in [1.29, 1.82) is 0 Å². The van der Waals surface area contributed by atoms with Crippen molar-refractivity contribution in [3.05, 3.63) is 23.8 Å². The molecule has 7 heteroatoms. The fourth-order valence-electron chi connectivity index (χ4n) is 1.81. The molecule has 116 valence electrons. The van der Waals surface area contributed by atoms with Gasteiger partial charge in [-0.25, -0.2) is 8.42 Å². The number of sulfonamides is 1. The highest BCUT2D eigenvalue weighted by Crippen LogP contribution is 2.27. The van der Waals surface area contributed by atoms with Gasteiger partial charge in [-0.2, -0.15) is 4.31 Å². The van der Waals surface area contributed by atoms with Gasteiger partial charge in [0.1, 0.15) is 10.6 Å². The summed E-state index contributed by atoms with van der Waals surface area (Å²) in [5.41, 5.74) is 5.85. The number of nitrogens with two attached hydrogens (primary N) is 1. The number of likely N-dealkylation sites (N-methyl/N-ethyl adjacent to an activating group) is 1. The Balaban J connectivity index is 3.37. The number of hydrogen-bond acceptors (Lipinski definition) is 5. The van der Waals surface area contributed by atoms with Crippen molar-refractivity contribution in [3.63, 3.8) is 0 Å². The van der Waals surface area contributed by atoms with Gasteiger partial charge in [0.2, 0.25) is 10.0 Å². The largest absolute Gasteiger partial charge is 0.495 e. The second kappa shape index (κ2) is 8.00. The van der Waals surface area contributed by atoms with Crippen LogP contribution >= 0.6 is 0 Å². The van der Waals surface area contributed by atoms with Crippen LogP contribution in [0.2, 0.25) is 0 Å². The second-order valence-electron chi connectivity index (χ2n) is 4.09. The van der Waals surface area contributed by atoms with Gasteiger partial charge in [0.25, 0.3) is 0 Å². The molecular weight excluding hydrogens is 292 g/mol. The van der Waals surface area contributed by atoms with E-state index in [0.717, 1.165) is 0 Å². The molecule has 0 aliphatic carbocycles. The molecule has 0 aliphatic heterocycles. The summed E-state index contributed by atoms with van der Waals surface area (Å²) in [5, 5.41) is 9.00. The Labute approximate surface area is 125 Å². The quantitative estimate of drug-likeness (QED) is 0.722. The van der Waals surface area contributed by atoms with E-state index < -0.39 is 10.0 Å². The third-order valence-electron chi connectivity index (χ3n) is 2.82. The van der Waals surface area contributed by atoms with Crippen LogP contribution in [0.15, 0.2) is 23.1 Å². The van der Waals surface area contributed by atoms with E-state index in [-0.39, 0.29) is 36.9 Å². The second-order valence-corrected chi connectivity index (χ2v) is 6.00. The summed E-state index contributed by atoms with van der Waals surface area (Å²) in [6.45, 7) is 1.94. The van der Waals surface area contributed by atoms with Crippen LogP contribution in [-0.4, -0.2) is 51.2 Å². The maximum atomic E-state index is 12.6. The molecule has 21 heavy (non-hydrogen) atoms. The number of aliphatic hydroxyl groups excluding tert-OH is 1. The SMILES string of the molecule is CCN(CCO)S(=O)(=O)c1cc(C#CCN)ccc1OC. The Morgan fingerprint density at radius 3 is 2.67 bits per heavy atom. The van der Waals surface area contributed by atoms with Crippen molar-refractivity contribution in [2.75, 3.05) is 33.4 Å². The zero-order chi connectivity index (χ0) is 15.9. The van der Waals surface area contributed by atoms with Crippen molar-refractivity contribution < 1.29 is 18.3 Å². The minimum Gasteiger partial charge on any atom is -0.495 e. The average molecular weight is 312 g/mol. The highest BCUT2D eigenvalue weighted by Gasteiger charge is 2.26. The van der Waals surface area contributed by atoms with Crippen molar-refractivity contribution in [2.24, 2.45) is 5.73 Å². The van der Waals surface area contributed by atoms with E-state index in [1.165, 1.54) is 17.5 Å². The van der Waals surface area contributed by atoms with Gasteiger partial charge in [0.15, 0.2) is 0 Å².